The van der Waals surface area contributed by atoms with Gasteiger partial charge in [-0.2, -0.15) is 0 Å². The standard InChI is InChI=1S/C21H25NO6/c1-15(10-11-23)19(17-8-5-9-18(14-17)27-13-12-24)28-21(26)22-20(25)16-6-3-2-4-7-16/h2-9,14-15,19,23-24H,10-13H2,1H3,(H,22,25,26)/t15-,19+/m0/s1. The van der Waals surface area contributed by atoms with Crippen molar-refractivity contribution in [2.24, 2.45) is 5.92 Å². The van der Waals surface area contributed by atoms with E-state index in [4.69, 9.17) is 14.6 Å². The summed E-state index contributed by atoms with van der Waals surface area (Å²) in [7, 11) is 0. The number of hydrogen-bond donors (Lipinski definition) is 3. The second kappa shape index (κ2) is 11.1. The largest absolute Gasteiger partial charge is 0.491 e. The minimum Gasteiger partial charge on any atom is -0.491 e. The molecule has 0 bridgehead atoms. The highest BCUT2D eigenvalue weighted by atomic mass is 16.6. The van der Waals surface area contributed by atoms with Crippen molar-refractivity contribution >= 4 is 12.0 Å². The van der Waals surface area contributed by atoms with Crippen molar-refractivity contribution in [2.45, 2.75) is 19.4 Å². The molecule has 0 radical (unpaired) electrons. The van der Waals surface area contributed by atoms with E-state index in [2.05, 4.69) is 5.32 Å². The Morgan fingerprint density at radius 3 is 2.46 bits per heavy atom. The minimum absolute atomic E-state index is 0.0632. The fourth-order valence-corrected chi connectivity index (χ4v) is 2.71. The molecule has 2 amide bonds. The van der Waals surface area contributed by atoms with Crippen molar-refractivity contribution < 1.29 is 29.3 Å². The van der Waals surface area contributed by atoms with E-state index in [1.807, 2.05) is 6.92 Å². The molecule has 0 aliphatic rings. The van der Waals surface area contributed by atoms with E-state index < -0.39 is 18.1 Å². The molecule has 150 valence electrons. The van der Waals surface area contributed by atoms with Crippen LogP contribution in [0.1, 0.15) is 35.4 Å². The number of carbonyl (C=O) groups is 2. The molecule has 0 aliphatic carbocycles. The Morgan fingerprint density at radius 2 is 1.79 bits per heavy atom. The number of imide groups is 1. The van der Waals surface area contributed by atoms with E-state index in [-0.39, 0.29) is 25.7 Å². The average molecular weight is 387 g/mol. The summed E-state index contributed by atoms with van der Waals surface area (Å²) in [6.07, 6.45) is -1.15. The van der Waals surface area contributed by atoms with E-state index in [9.17, 15) is 14.7 Å². The maximum absolute atomic E-state index is 12.3. The van der Waals surface area contributed by atoms with Crippen LogP contribution < -0.4 is 10.1 Å². The van der Waals surface area contributed by atoms with Gasteiger partial charge < -0.3 is 19.7 Å². The summed E-state index contributed by atoms with van der Waals surface area (Å²) >= 11 is 0. The third kappa shape index (κ3) is 6.37. The molecule has 2 aromatic rings. The topological polar surface area (TPSA) is 105 Å². The number of carbonyl (C=O) groups excluding carboxylic acids is 2. The zero-order valence-electron chi connectivity index (χ0n) is 15.7. The molecule has 3 N–H and O–H groups in total. The van der Waals surface area contributed by atoms with Crippen LogP contribution in [0.4, 0.5) is 4.79 Å². The highest BCUT2D eigenvalue weighted by Gasteiger charge is 2.25. The van der Waals surface area contributed by atoms with Crippen molar-refractivity contribution in [3.8, 4) is 5.75 Å². The molecule has 28 heavy (non-hydrogen) atoms. The maximum atomic E-state index is 12.3. The number of alkyl carbamates (subject to hydrolysis) is 1. The summed E-state index contributed by atoms with van der Waals surface area (Å²) < 4.78 is 10.9. The van der Waals surface area contributed by atoms with Gasteiger partial charge in [0.25, 0.3) is 5.91 Å². The van der Waals surface area contributed by atoms with Gasteiger partial charge in [0.2, 0.25) is 0 Å². The summed E-state index contributed by atoms with van der Waals surface area (Å²) in [5.41, 5.74) is 1.01. The molecule has 0 unspecified atom stereocenters. The number of benzene rings is 2. The van der Waals surface area contributed by atoms with Gasteiger partial charge in [0, 0.05) is 12.2 Å². The lowest BCUT2D eigenvalue weighted by atomic mass is 9.94. The van der Waals surface area contributed by atoms with Gasteiger partial charge in [-0.1, -0.05) is 37.3 Å². The highest BCUT2D eigenvalue weighted by Crippen LogP contribution is 2.30. The molecule has 7 nitrogen and oxygen atoms in total. The predicted molar refractivity (Wildman–Crippen MR) is 103 cm³/mol. The Morgan fingerprint density at radius 1 is 1.04 bits per heavy atom. The second-order valence-corrected chi connectivity index (χ2v) is 6.28. The third-order valence-electron chi connectivity index (χ3n) is 4.13. The first-order valence-corrected chi connectivity index (χ1v) is 9.06. The lowest BCUT2D eigenvalue weighted by molar-refractivity contribution is 0.0543. The van der Waals surface area contributed by atoms with Crippen LogP contribution in [0, 0.1) is 5.92 Å². The molecule has 0 aromatic heterocycles. The Hall–Kier alpha value is -2.90. The molecule has 0 saturated carbocycles. The Kier molecular flexibility index (Phi) is 8.45. The van der Waals surface area contributed by atoms with Crippen molar-refractivity contribution in [1.82, 2.24) is 5.32 Å². The van der Waals surface area contributed by atoms with E-state index in [0.717, 1.165) is 0 Å². The van der Waals surface area contributed by atoms with Crippen LogP contribution in [0.2, 0.25) is 0 Å². The Bertz CT molecular complexity index is 765. The van der Waals surface area contributed by atoms with Gasteiger partial charge in [-0.25, -0.2) is 4.79 Å². The molecule has 0 spiro atoms. The first kappa shape index (κ1) is 21.4. The smallest absolute Gasteiger partial charge is 0.414 e. The monoisotopic (exact) mass is 387 g/mol. The van der Waals surface area contributed by atoms with Gasteiger partial charge in [-0.3, -0.25) is 10.1 Å². The first-order chi connectivity index (χ1) is 13.5. The molecule has 0 heterocycles. The van der Waals surface area contributed by atoms with Crippen molar-refractivity contribution in [3.05, 3.63) is 65.7 Å². The van der Waals surface area contributed by atoms with Crippen LogP contribution in [-0.2, 0) is 4.74 Å². The summed E-state index contributed by atoms with van der Waals surface area (Å²) in [6.45, 7) is 1.81. The minimum atomic E-state index is -0.870. The Labute approximate surface area is 163 Å². The number of amides is 2. The van der Waals surface area contributed by atoms with Crippen LogP contribution >= 0.6 is 0 Å². The van der Waals surface area contributed by atoms with Crippen LogP contribution in [-0.4, -0.2) is 42.0 Å². The predicted octanol–water partition coefficient (Wildman–Crippen LogP) is 2.68. The second-order valence-electron chi connectivity index (χ2n) is 6.28. The Balaban J connectivity index is 2.12. The molecule has 2 aromatic carbocycles. The van der Waals surface area contributed by atoms with Crippen molar-refractivity contribution in [1.29, 1.82) is 0 Å². The van der Waals surface area contributed by atoms with Gasteiger partial charge in [0.1, 0.15) is 18.5 Å². The highest BCUT2D eigenvalue weighted by molar-refractivity contribution is 6.02. The molecule has 2 rings (SSSR count). The quantitative estimate of drug-likeness (QED) is 0.611. The summed E-state index contributed by atoms with van der Waals surface area (Å²) in [4.78, 5) is 24.4. The number of rotatable bonds is 9. The van der Waals surface area contributed by atoms with E-state index >= 15 is 0 Å². The zero-order chi connectivity index (χ0) is 20.4. The first-order valence-electron chi connectivity index (χ1n) is 9.06. The van der Waals surface area contributed by atoms with E-state index in [1.54, 1.807) is 54.6 Å². The third-order valence-corrected chi connectivity index (χ3v) is 4.13. The number of hydrogen-bond acceptors (Lipinski definition) is 6. The molecular weight excluding hydrogens is 362 g/mol. The number of aliphatic hydroxyl groups excluding tert-OH is 2. The number of nitrogens with one attached hydrogen (secondary N) is 1. The molecular formula is C21H25NO6. The van der Waals surface area contributed by atoms with Gasteiger partial charge in [0.15, 0.2) is 0 Å². The summed E-state index contributed by atoms with van der Waals surface area (Å²) in [6, 6.07) is 15.3. The maximum Gasteiger partial charge on any atom is 0.414 e. The average Bonchev–Trinajstić information content (AvgIpc) is 2.71. The summed E-state index contributed by atoms with van der Waals surface area (Å²) in [5.74, 6) is -0.230. The molecule has 2 atom stereocenters. The SMILES string of the molecule is C[C@@H](CCO)[C@@H](OC(=O)NC(=O)c1ccccc1)c1cccc(OCCO)c1. The fourth-order valence-electron chi connectivity index (χ4n) is 2.71. The van der Waals surface area contributed by atoms with Crippen molar-refractivity contribution in [2.75, 3.05) is 19.8 Å². The van der Waals surface area contributed by atoms with E-state index in [0.29, 0.717) is 23.3 Å². The zero-order valence-corrected chi connectivity index (χ0v) is 15.7. The van der Waals surface area contributed by atoms with Crippen LogP contribution in [0.25, 0.3) is 0 Å². The number of aliphatic hydroxyl groups is 2. The van der Waals surface area contributed by atoms with Gasteiger partial charge >= 0.3 is 6.09 Å². The van der Waals surface area contributed by atoms with Gasteiger partial charge in [-0.15, -0.1) is 0 Å². The van der Waals surface area contributed by atoms with E-state index in [1.165, 1.54) is 0 Å². The molecule has 0 aliphatic heterocycles. The fraction of sp³-hybridized carbons (Fsp3) is 0.333. The molecule has 0 saturated heterocycles. The van der Waals surface area contributed by atoms with Crippen LogP contribution in [0.5, 0.6) is 5.75 Å². The van der Waals surface area contributed by atoms with Crippen LogP contribution in [0.15, 0.2) is 54.6 Å². The lowest BCUT2D eigenvalue weighted by Crippen LogP contribution is -2.33. The molecule has 7 heteroatoms. The van der Waals surface area contributed by atoms with Crippen LogP contribution in [0.3, 0.4) is 0 Å². The van der Waals surface area contributed by atoms with Gasteiger partial charge in [0.05, 0.1) is 6.61 Å². The molecule has 0 fully saturated rings. The number of ether oxygens (including phenoxy) is 2. The van der Waals surface area contributed by atoms with Crippen molar-refractivity contribution in [3.63, 3.8) is 0 Å². The summed E-state index contributed by atoms with van der Waals surface area (Å²) in [5, 5.41) is 20.4. The normalized spacial score (nSPS) is 12.7. The van der Waals surface area contributed by atoms with Gasteiger partial charge in [-0.05, 0) is 42.2 Å². The lowest BCUT2D eigenvalue weighted by Gasteiger charge is -2.24.